The molecule has 0 saturated carbocycles. The van der Waals surface area contributed by atoms with Gasteiger partial charge >= 0.3 is 6.47 Å². The highest BCUT2D eigenvalue weighted by Gasteiger charge is 2.13. The monoisotopic (exact) mass is 225 g/mol. The third-order valence-corrected chi connectivity index (χ3v) is 2.32. The maximum absolute atomic E-state index is 12.1. The topological polar surface area (TPSA) is 43.4 Å². The van der Waals surface area contributed by atoms with Crippen LogP contribution in [0.3, 0.4) is 0 Å². The van der Waals surface area contributed by atoms with Gasteiger partial charge in [0.05, 0.1) is 5.56 Å². The normalized spacial score (nSPS) is 9.65. The molecule has 0 unspecified atom stereocenters. The molecule has 83 valence electrons. The lowest BCUT2D eigenvalue weighted by Gasteiger charge is -2.05. The van der Waals surface area contributed by atoms with Crippen LogP contribution < -0.4 is 4.74 Å². The van der Waals surface area contributed by atoms with Crippen LogP contribution in [0.5, 0.6) is 5.75 Å². The molecule has 0 amide bonds. The van der Waals surface area contributed by atoms with E-state index in [0.29, 0.717) is 11.1 Å². The molecule has 2 rings (SSSR count). The fraction of sp³-hybridized carbons (Fsp3) is 0. The van der Waals surface area contributed by atoms with Gasteiger partial charge in [0.25, 0.3) is 0 Å². The average molecular weight is 225 g/mol. The smallest absolute Gasteiger partial charge is 0.417 e. The molecule has 0 heterocycles. The maximum Gasteiger partial charge on any atom is 0.423 e. The van der Waals surface area contributed by atoms with Gasteiger partial charge < -0.3 is 4.74 Å². The van der Waals surface area contributed by atoms with Crippen LogP contribution in [0.1, 0.15) is 15.9 Å². The van der Waals surface area contributed by atoms with E-state index in [1.165, 1.54) is 6.47 Å². The molecule has 0 aliphatic carbocycles. The summed E-state index contributed by atoms with van der Waals surface area (Å²) in [5, 5.41) is 0. The summed E-state index contributed by atoms with van der Waals surface area (Å²) in [6.07, 6.45) is 0. The van der Waals surface area contributed by atoms with Gasteiger partial charge in [-0.2, -0.15) is 0 Å². The van der Waals surface area contributed by atoms with Crippen LogP contribution in [0, 0.1) is 0 Å². The lowest BCUT2D eigenvalue weighted by molar-refractivity contribution is 0.103. The summed E-state index contributed by atoms with van der Waals surface area (Å²) >= 11 is 0. The van der Waals surface area contributed by atoms with E-state index >= 15 is 0 Å². The van der Waals surface area contributed by atoms with Gasteiger partial charge in [0.1, 0.15) is 5.75 Å². The number of para-hydroxylation sites is 1. The van der Waals surface area contributed by atoms with Crippen molar-refractivity contribution in [3.05, 3.63) is 65.7 Å². The number of ketones is 1. The highest BCUT2D eigenvalue weighted by atomic mass is 16.5. The lowest BCUT2D eigenvalue weighted by Crippen LogP contribution is -2.04. The second-order valence-electron chi connectivity index (χ2n) is 3.38. The minimum Gasteiger partial charge on any atom is -0.417 e. The summed E-state index contributed by atoms with van der Waals surface area (Å²) in [7, 11) is 0. The van der Waals surface area contributed by atoms with Gasteiger partial charge in [0.15, 0.2) is 5.78 Å². The first-order valence-corrected chi connectivity index (χ1v) is 5.05. The Kier molecular flexibility index (Phi) is 3.31. The van der Waals surface area contributed by atoms with E-state index in [9.17, 15) is 9.59 Å². The highest BCUT2D eigenvalue weighted by molar-refractivity contribution is 6.10. The molecule has 0 fully saturated rings. The maximum atomic E-state index is 12.1. The minimum absolute atomic E-state index is 0.184. The van der Waals surface area contributed by atoms with E-state index in [0.717, 1.165) is 0 Å². The number of rotatable bonds is 4. The molecule has 2 aromatic rings. The summed E-state index contributed by atoms with van der Waals surface area (Å²) in [6.45, 7) is 1.33. The Morgan fingerprint density at radius 3 is 2.29 bits per heavy atom. The quantitative estimate of drug-likeness (QED) is 0.750. The number of benzene rings is 2. The van der Waals surface area contributed by atoms with Gasteiger partial charge in [-0.25, -0.2) is 4.79 Å². The van der Waals surface area contributed by atoms with Crippen molar-refractivity contribution in [1.29, 1.82) is 0 Å². The predicted molar refractivity (Wildman–Crippen MR) is 62.6 cm³/mol. The molecular formula is C14H9O3. The van der Waals surface area contributed by atoms with Crippen molar-refractivity contribution >= 4 is 12.3 Å². The third kappa shape index (κ3) is 2.39. The largest absolute Gasteiger partial charge is 0.423 e. The van der Waals surface area contributed by atoms with E-state index in [1.807, 2.05) is 6.07 Å². The second kappa shape index (κ2) is 5.07. The van der Waals surface area contributed by atoms with Crippen molar-refractivity contribution in [2.24, 2.45) is 0 Å². The summed E-state index contributed by atoms with van der Waals surface area (Å²) in [5.41, 5.74) is 0.900. The number of carbonyl (C=O) groups is 1. The number of ether oxygens (including phenoxy) is 1. The second-order valence-corrected chi connectivity index (χ2v) is 3.38. The van der Waals surface area contributed by atoms with Crippen LogP contribution in [-0.2, 0) is 4.79 Å². The Balaban J connectivity index is 2.40. The zero-order valence-corrected chi connectivity index (χ0v) is 8.92. The van der Waals surface area contributed by atoms with E-state index in [-0.39, 0.29) is 11.5 Å². The van der Waals surface area contributed by atoms with Crippen molar-refractivity contribution in [2.75, 3.05) is 0 Å². The van der Waals surface area contributed by atoms with Crippen LogP contribution in [0.25, 0.3) is 0 Å². The molecule has 0 aromatic heterocycles. The number of carbonyl (C=O) groups excluding carboxylic acids is 2. The molecule has 0 N–H and O–H groups in total. The minimum atomic E-state index is -0.184. The zero-order valence-electron chi connectivity index (χ0n) is 8.92. The van der Waals surface area contributed by atoms with E-state index in [1.54, 1.807) is 48.5 Å². The van der Waals surface area contributed by atoms with Crippen LogP contribution in [0.15, 0.2) is 54.6 Å². The third-order valence-electron chi connectivity index (χ3n) is 2.32. The Labute approximate surface area is 98.7 Å². The van der Waals surface area contributed by atoms with Crippen LogP contribution >= 0.6 is 0 Å². The van der Waals surface area contributed by atoms with Crippen LogP contribution in [0.2, 0.25) is 0 Å². The first-order valence-electron chi connectivity index (χ1n) is 5.05. The van der Waals surface area contributed by atoms with E-state index in [4.69, 9.17) is 0 Å². The molecule has 0 bridgehead atoms. The van der Waals surface area contributed by atoms with Gasteiger partial charge in [-0.15, -0.1) is 0 Å². The molecule has 2 aromatic carbocycles. The lowest BCUT2D eigenvalue weighted by atomic mass is 10.0. The predicted octanol–water partition coefficient (Wildman–Crippen LogP) is 2.36. The molecular weight excluding hydrogens is 216 g/mol. The first kappa shape index (κ1) is 11.1. The molecule has 0 spiro atoms. The van der Waals surface area contributed by atoms with Crippen molar-refractivity contribution in [3.63, 3.8) is 0 Å². The number of hydrogen-bond acceptors (Lipinski definition) is 3. The zero-order chi connectivity index (χ0) is 12.1. The van der Waals surface area contributed by atoms with Crippen molar-refractivity contribution in [1.82, 2.24) is 0 Å². The Morgan fingerprint density at radius 1 is 0.941 bits per heavy atom. The molecule has 1 radical (unpaired) electrons. The molecule has 0 aliphatic heterocycles. The van der Waals surface area contributed by atoms with Gasteiger partial charge in [-0.3, -0.25) is 4.79 Å². The summed E-state index contributed by atoms with van der Waals surface area (Å²) in [6, 6.07) is 15.4. The molecule has 17 heavy (non-hydrogen) atoms. The Morgan fingerprint density at radius 2 is 1.59 bits per heavy atom. The van der Waals surface area contributed by atoms with E-state index < -0.39 is 0 Å². The van der Waals surface area contributed by atoms with Crippen LogP contribution in [-0.4, -0.2) is 12.3 Å². The molecule has 0 saturated heterocycles. The fourth-order valence-corrected chi connectivity index (χ4v) is 1.53. The standard InChI is InChI=1S/C14H9O3/c15-10-17-13-9-5-4-8-12(13)14(16)11-6-2-1-3-7-11/h1-9H. The van der Waals surface area contributed by atoms with Gasteiger partial charge in [-0.05, 0) is 12.1 Å². The van der Waals surface area contributed by atoms with Gasteiger partial charge in [0.2, 0.25) is 0 Å². The molecule has 3 nitrogen and oxygen atoms in total. The highest BCUT2D eigenvalue weighted by Crippen LogP contribution is 2.20. The van der Waals surface area contributed by atoms with E-state index in [2.05, 4.69) is 4.74 Å². The Hall–Kier alpha value is -2.42. The van der Waals surface area contributed by atoms with Crippen molar-refractivity contribution in [3.8, 4) is 5.75 Å². The fourth-order valence-electron chi connectivity index (χ4n) is 1.53. The first-order chi connectivity index (χ1) is 8.33. The van der Waals surface area contributed by atoms with Gasteiger partial charge in [-0.1, -0.05) is 42.5 Å². The summed E-state index contributed by atoms with van der Waals surface area (Å²) in [4.78, 5) is 22.4. The summed E-state index contributed by atoms with van der Waals surface area (Å²) < 4.78 is 4.65. The SMILES string of the molecule is O=[C]Oc1ccccc1C(=O)c1ccccc1. The Bertz CT molecular complexity index is 532. The molecule has 0 aliphatic rings. The molecule has 3 heteroatoms. The van der Waals surface area contributed by atoms with Crippen LogP contribution in [0.4, 0.5) is 0 Å². The number of hydrogen-bond donors (Lipinski definition) is 0. The van der Waals surface area contributed by atoms with Gasteiger partial charge in [0, 0.05) is 5.56 Å². The summed E-state index contributed by atoms with van der Waals surface area (Å²) in [5.74, 6) is 0.0350. The average Bonchev–Trinajstić information content (AvgIpc) is 2.40. The molecule has 0 atom stereocenters. The van der Waals surface area contributed by atoms with Crippen molar-refractivity contribution < 1.29 is 14.3 Å². The van der Waals surface area contributed by atoms with Crippen molar-refractivity contribution in [2.45, 2.75) is 0 Å².